The Morgan fingerprint density at radius 1 is 1.26 bits per heavy atom. The Bertz CT molecular complexity index is 928. The molecule has 31 heavy (non-hydrogen) atoms. The summed E-state index contributed by atoms with van der Waals surface area (Å²) in [5.41, 5.74) is -0.0405. The third-order valence-corrected chi connectivity index (χ3v) is 7.46. The van der Waals surface area contributed by atoms with Crippen molar-refractivity contribution in [3.8, 4) is 5.75 Å². The topological polar surface area (TPSA) is 79.6 Å². The number of ether oxygens (including phenoxy) is 1. The van der Waals surface area contributed by atoms with E-state index in [9.17, 15) is 9.90 Å². The first-order valence-electron chi connectivity index (χ1n) is 11.4. The lowest BCUT2D eigenvalue weighted by Crippen LogP contribution is -2.61. The van der Waals surface area contributed by atoms with Crippen molar-refractivity contribution in [1.29, 1.82) is 0 Å². The van der Waals surface area contributed by atoms with Crippen molar-refractivity contribution in [2.75, 3.05) is 25.1 Å². The van der Waals surface area contributed by atoms with Gasteiger partial charge in [0.05, 0.1) is 12.1 Å². The standard InChI is InChI=1S/C24H32N4O3/c1-27(8-9-31-19-6-4-3-5-7-19)21-12-20(26-28(21)2)23(29)25-22-17-10-16-11-18(22)15-24(30,13-16)14-17/h3-7,12,16-18,22,30H,8-11,13-15H2,1-2H3,(H,25,29)/t16?,17?,18?,22-,24-. The monoisotopic (exact) mass is 424 g/mol. The van der Waals surface area contributed by atoms with E-state index in [1.165, 1.54) is 0 Å². The zero-order chi connectivity index (χ0) is 21.6. The van der Waals surface area contributed by atoms with Gasteiger partial charge in [-0.05, 0) is 62.0 Å². The van der Waals surface area contributed by atoms with Crippen molar-refractivity contribution in [1.82, 2.24) is 15.1 Å². The molecule has 2 aromatic rings. The lowest BCUT2D eigenvalue weighted by Gasteiger charge is -2.58. The summed E-state index contributed by atoms with van der Waals surface area (Å²) in [7, 11) is 3.84. The van der Waals surface area contributed by atoms with Crippen LogP contribution in [-0.2, 0) is 7.05 Å². The SMILES string of the molecule is CN(CCOc1ccccc1)c1cc(C(=O)N[C@H]2C3CC4CC2C[C@](O)(C4)C3)nn1C. The number of carbonyl (C=O) groups excluding carboxylic acids is 1. The molecule has 7 heteroatoms. The molecule has 0 aliphatic heterocycles. The second-order valence-corrected chi connectivity index (χ2v) is 9.79. The number of hydrogen-bond acceptors (Lipinski definition) is 5. The molecule has 4 aliphatic carbocycles. The lowest BCUT2D eigenvalue weighted by molar-refractivity contribution is -0.136. The summed E-state index contributed by atoms with van der Waals surface area (Å²) in [6.07, 6.45) is 4.85. The molecule has 0 radical (unpaired) electrons. The van der Waals surface area contributed by atoms with Crippen LogP contribution in [0.15, 0.2) is 36.4 Å². The number of aryl methyl sites for hydroxylation is 1. The van der Waals surface area contributed by atoms with Crippen LogP contribution in [0.1, 0.15) is 42.6 Å². The van der Waals surface area contributed by atoms with E-state index in [1.54, 1.807) is 4.68 Å². The Labute approximate surface area is 183 Å². The molecular weight excluding hydrogens is 392 g/mol. The minimum Gasteiger partial charge on any atom is -0.492 e. The van der Waals surface area contributed by atoms with Gasteiger partial charge in [-0.1, -0.05) is 18.2 Å². The number of amides is 1. The highest BCUT2D eigenvalue weighted by atomic mass is 16.5. The molecule has 7 nitrogen and oxygen atoms in total. The third-order valence-electron chi connectivity index (χ3n) is 7.46. The van der Waals surface area contributed by atoms with Crippen LogP contribution in [-0.4, -0.2) is 52.6 Å². The van der Waals surface area contributed by atoms with Crippen LogP contribution in [0.4, 0.5) is 5.82 Å². The second-order valence-electron chi connectivity index (χ2n) is 9.79. The van der Waals surface area contributed by atoms with Gasteiger partial charge in [-0.25, -0.2) is 0 Å². The molecule has 1 aromatic carbocycles. The molecule has 4 fully saturated rings. The van der Waals surface area contributed by atoms with Crippen LogP contribution in [0, 0.1) is 17.8 Å². The van der Waals surface area contributed by atoms with Gasteiger partial charge < -0.3 is 20.1 Å². The van der Waals surface area contributed by atoms with Crippen LogP contribution >= 0.6 is 0 Å². The van der Waals surface area contributed by atoms with Crippen molar-refractivity contribution in [3.05, 3.63) is 42.1 Å². The molecule has 2 N–H and O–H groups in total. The Morgan fingerprint density at radius 2 is 1.97 bits per heavy atom. The summed E-state index contributed by atoms with van der Waals surface area (Å²) in [6, 6.07) is 11.8. The van der Waals surface area contributed by atoms with Gasteiger partial charge in [0.15, 0.2) is 5.69 Å². The highest BCUT2D eigenvalue weighted by Gasteiger charge is 2.55. The summed E-state index contributed by atoms with van der Waals surface area (Å²) in [4.78, 5) is 15.1. The molecule has 2 unspecified atom stereocenters. The van der Waals surface area contributed by atoms with Gasteiger partial charge in [-0.2, -0.15) is 5.10 Å². The van der Waals surface area contributed by atoms with E-state index in [0.29, 0.717) is 36.6 Å². The fraction of sp³-hybridized carbons (Fsp3) is 0.583. The van der Waals surface area contributed by atoms with Gasteiger partial charge in [0.1, 0.15) is 18.2 Å². The number of likely N-dealkylation sites (N-methyl/N-ethyl adjacent to an activating group) is 1. The number of nitrogens with zero attached hydrogens (tertiary/aromatic N) is 3. The van der Waals surface area contributed by atoms with Crippen LogP contribution in [0.5, 0.6) is 5.75 Å². The lowest BCUT2D eigenvalue weighted by atomic mass is 9.52. The van der Waals surface area contributed by atoms with E-state index in [0.717, 1.165) is 43.7 Å². The summed E-state index contributed by atoms with van der Waals surface area (Å²) in [5.74, 6) is 3.02. The number of benzene rings is 1. The number of rotatable bonds is 7. The van der Waals surface area contributed by atoms with Gasteiger partial charge in [0.25, 0.3) is 5.91 Å². The van der Waals surface area contributed by atoms with Crippen LogP contribution in [0.2, 0.25) is 0 Å². The Balaban J connectivity index is 1.19. The number of aromatic nitrogens is 2. The summed E-state index contributed by atoms with van der Waals surface area (Å²) >= 11 is 0. The predicted octanol–water partition coefficient (Wildman–Crippen LogP) is 2.60. The summed E-state index contributed by atoms with van der Waals surface area (Å²) in [5, 5.41) is 18.5. The number of para-hydroxylation sites is 1. The number of carbonyl (C=O) groups is 1. The van der Waals surface area contributed by atoms with Gasteiger partial charge in [-0.15, -0.1) is 0 Å². The zero-order valence-electron chi connectivity index (χ0n) is 18.3. The smallest absolute Gasteiger partial charge is 0.272 e. The Hall–Kier alpha value is -2.54. The molecule has 166 valence electrons. The van der Waals surface area contributed by atoms with E-state index in [2.05, 4.69) is 10.4 Å². The first-order chi connectivity index (χ1) is 14.9. The van der Waals surface area contributed by atoms with Crippen molar-refractivity contribution in [2.24, 2.45) is 24.8 Å². The average Bonchev–Trinajstić information content (AvgIpc) is 3.12. The van der Waals surface area contributed by atoms with Crippen LogP contribution in [0.25, 0.3) is 0 Å². The molecule has 2 atom stereocenters. The van der Waals surface area contributed by atoms with Gasteiger partial charge in [-0.3, -0.25) is 9.48 Å². The average molecular weight is 425 g/mol. The molecule has 1 amide bonds. The first-order valence-corrected chi connectivity index (χ1v) is 11.4. The Kier molecular flexibility index (Phi) is 5.16. The van der Waals surface area contributed by atoms with Gasteiger partial charge >= 0.3 is 0 Å². The van der Waals surface area contributed by atoms with Crippen molar-refractivity contribution in [3.63, 3.8) is 0 Å². The van der Waals surface area contributed by atoms with Crippen molar-refractivity contribution >= 4 is 11.7 Å². The number of nitrogens with one attached hydrogen (secondary N) is 1. The largest absolute Gasteiger partial charge is 0.492 e. The Morgan fingerprint density at radius 3 is 2.65 bits per heavy atom. The fourth-order valence-electron chi connectivity index (χ4n) is 6.30. The molecule has 0 saturated heterocycles. The number of anilines is 1. The number of aliphatic hydroxyl groups is 1. The third kappa shape index (κ3) is 4.03. The predicted molar refractivity (Wildman–Crippen MR) is 118 cm³/mol. The van der Waals surface area contributed by atoms with Crippen molar-refractivity contribution < 1.29 is 14.6 Å². The molecule has 4 aliphatic rings. The molecule has 4 saturated carbocycles. The summed E-state index contributed by atoms with van der Waals surface area (Å²) < 4.78 is 7.53. The maximum atomic E-state index is 13.0. The first kappa shape index (κ1) is 20.4. The minimum atomic E-state index is -0.486. The van der Waals surface area contributed by atoms with E-state index < -0.39 is 5.60 Å². The molecule has 6 rings (SSSR count). The normalized spacial score (nSPS) is 30.9. The zero-order valence-corrected chi connectivity index (χ0v) is 18.3. The van der Waals surface area contributed by atoms with E-state index in [-0.39, 0.29) is 11.9 Å². The molecular formula is C24H32N4O3. The second kappa shape index (κ2) is 7.86. The van der Waals surface area contributed by atoms with Gasteiger partial charge in [0.2, 0.25) is 0 Å². The van der Waals surface area contributed by atoms with E-state index in [4.69, 9.17) is 4.74 Å². The minimum absolute atomic E-state index is 0.111. The van der Waals surface area contributed by atoms with E-state index >= 15 is 0 Å². The number of hydrogen-bond donors (Lipinski definition) is 2. The van der Waals surface area contributed by atoms with Crippen LogP contribution < -0.4 is 15.0 Å². The van der Waals surface area contributed by atoms with Crippen molar-refractivity contribution in [2.45, 2.75) is 43.7 Å². The molecule has 1 aromatic heterocycles. The quantitative estimate of drug-likeness (QED) is 0.714. The van der Waals surface area contributed by atoms with Gasteiger partial charge in [0, 0.05) is 26.2 Å². The summed E-state index contributed by atoms with van der Waals surface area (Å²) in [6.45, 7) is 1.23. The van der Waals surface area contributed by atoms with Crippen LogP contribution in [0.3, 0.4) is 0 Å². The molecule has 4 bridgehead atoms. The van der Waals surface area contributed by atoms with E-state index in [1.807, 2.05) is 55.4 Å². The maximum absolute atomic E-state index is 13.0. The maximum Gasteiger partial charge on any atom is 0.272 e. The highest BCUT2D eigenvalue weighted by molar-refractivity contribution is 5.93. The molecule has 1 heterocycles. The highest BCUT2D eigenvalue weighted by Crippen LogP contribution is 2.55. The fourth-order valence-corrected chi connectivity index (χ4v) is 6.30. The molecule has 0 spiro atoms.